The second-order valence-electron chi connectivity index (χ2n) is 5.60. The molecule has 4 rings (SSSR count). The smallest absolute Gasteiger partial charge is 0.350 e. The fourth-order valence-electron chi connectivity index (χ4n) is 2.78. The minimum atomic E-state index is -1.02. The monoisotopic (exact) mass is 326 g/mol. The summed E-state index contributed by atoms with van der Waals surface area (Å²) in [6.45, 7) is 0.583. The molecule has 3 aromatic heterocycles. The van der Waals surface area contributed by atoms with E-state index in [1.165, 1.54) is 15.3 Å². The number of nitrogens with one attached hydrogen (secondary N) is 2. The molecule has 0 saturated heterocycles. The molecule has 122 valence electrons. The van der Waals surface area contributed by atoms with E-state index in [-0.39, 0.29) is 17.3 Å². The number of aromatic carboxylic acids is 1. The molecule has 1 aliphatic rings. The molecule has 0 aliphatic carbocycles. The topological polar surface area (TPSA) is 114 Å². The zero-order valence-electron chi connectivity index (χ0n) is 12.7. The van der Waals surface area contributed by atoms with Gasteiger partial charge in [0.1, 0.15) is 5.82 Å². The molecule has 0 radical (unpaired) electrons. The molecule has 1 aliphatic heterocycles. The van der Waals surface area contributed by atoms with Crippen LogP contribution in [0.2, 0.25) is 0 Å². The first-order valence-electron chi connectivity index (χ1n) is 7.32. The number of carbonyl (C=O) groups is 1. The summed E-state index contributed by atoms with van der Waals surface area (Å²) in [6, 6.07) is 5.13. The fraction of sp³-hybridized carbons (Fsp3) is 0.200. The van der Waals surface area contributed by atoms with Gasteiger partial charge in [-0.1, -0.05) is 0 Å². The second kappa shape index (κ2) is 5.08. The van der Waals surface area contributed by atoms with Crippen LogP contribution >= 0.6 is 0 Å². The molecule has 0 saturated carbocycles. The maximum Gasteiger partial charge on any atom is 0.350 e. The summed E-state index contributed by atoms with van der Waals surface area (Å²) in [4.78, 5) is 27.1. The molecule has 0 fully saturated rings. The highest BCUT2D eigenvalue weighted by atomic mass is 16.4. The van der Waals surface area contributed by atoms with E-state index < -0.39 is 5.97 Å². The maximum atomic E-state index is 11.9. The highest BCUT2D eigenvalue weighted by molar-refractivity contribution is 5.89. The van der Waals surface area contributed by atoms with Gasteiger partial charge in [0.25, 0.3) is 0 Å². The van der Waals surface area contributed by atoms with Gasteiger partial charge >= 0.3 is 11.7 Å². The standard InChI is InChI=1S/C15H14N6O3/c1-20-15(24)21-3-2-8(5-12(21)19-20)11-7-17-13-10(18-11)4-9(6-16-13)14(22)23/h2-6,11,18H,7H2,1H3,(H,16,17)(H,22,23). The van der Waals surface area contributed by atoms with Gasteiger partial charge in [-0.3, -0.25) is 4.40 Å². The third kappa shape index (κ3) is 2.18. The van der Waals surface area contributed by atoms with Crippen LogP contribution in [-0.4, -0.2) is 36.8 Å². The highest BCUT2D eigenvalue weighted by Gasteiger charge is 2.21. The van der Waals surface area contributed by atoms with Crippen molar-refractivity contribution in [3.8, 4) is 0 Å². The number of pyridine rings is 2. The minimum absolute atomic E-state index is 0.0922. The van der Waals surface area contributed by atoms with E-state index in [9.17, 15) is 9.59 Å². The average Bonchev–Trinajstić information content (AvgIpc) is 2.87. The summed E-state index contributed by atoms with van der Waals surface area (Å²) in [7, 11) is 1.60. The number of nitrogens with zero attached hydrogens (tertiary/aromatic N) is 4. The summed E-state index contributed by atoms with van der Waals surface area (Å²) >= 11 is 0. The average molecular weight is 326 g/mol. The third-order valence-corrected chi connectivity index (χ3v) is 4.03. The molecular weight excluding hydrogens is 312 g/mol. The van der Waals surface area contributed by atoms with Crippen LogP contribution in [0.4, 0.5) is 11.5 Å². The Kier molecular flexibility index (Phi) is 3.02. The van der Waals surface area contributed by atoms with E-state index in [4.69, 9.17) is 5.11 Å². The lowest BCUT2D eigenvalue weighted by molar-refractivity contribution is 0.0696. The Labute approximate surface area is 135 Å². The Morgan fingerprint density at radius 1 is 1.42 bits per heavy atom. The van der Waals surface area contributed by atoms with Crippen molar-refractivity contribution in [2.24, 2.45) is 7.05 Å². The lowest BCUT2D eigenvalue weighted by atomic mass is 10.1. The zero-order chi connectivity index (χ0) is 16.8. The van der Waals surface area contributed by atoms with Crippen molar-refractivity contribution in [3.63, 3.8) is 0 Å². The number of hydrogen-bond acceptors (Lipinski definition) is 6. The molecule has 3 aromatic rings. The molecular formula is C15H14N6O3. The summed E-state index contributed by atoms with van der Waals surface area (Å²) in [5.74, 6) is -0.408. The van der Waals surface area contributed by atoms with E-state index in [1.54, 1.807) is 19.3 Å². The van der Waals surface area contributed by atoms with Crippen molar-refractivity contribution in [1.29, 1.82) is 0 Å². The van der Waals surface area contributed by atoms with Gasteiger partial charge in [0, 0.05) is 26.0 Å². The first-order chi connectivity index (χ1) is 11.5. The molecule has 9 heteroatoms. The number of hydrogen-bond donors (Lipinski definition) is 3. The van der Waals surface area contributed by atoms with Crippen LogP contribution in [0, 0.1) is 0 Å². The zero-order valence-corrected chi connectivity index (χ0v) is 12.7. The van der Waals surface area contributed by atoms with Gasteiger partial charge in [0.05, 0.1) is 17.3 Å². The second-order valence-corrected chi connectivity index (χ2v) is 5.60. The fourth-order valence-corrected chi connectivity index (χ4v) is 2.78. The first kappa shape index (κ1) is 14.2. The molecule has 0 spiro atoms. The van der Waals surface area contributed by atoms with Gasteiger partial charge in [-0.05, 0) is 23.8 Å². The van der Waals surface area contributed by atoms with Gasteiger partial charge in [-0.15, -0.1) is 0 Å². The summed E-state index contributed by atoms with van der Waals surface area (Å²) in [6.07, 6.45) is 3.01. The number of aromatic nitrogens is 4. The predicted octanol–water partition coefficient (Wildman–Crippen LogP) is 0.705. The number of anilines is 2. The van der Waals surface area contributed by atoms with Gasteiger partial charge in [-0.25, -0.2) is 19.3 Å². The number of carboxylic acid groups (broad SMARTS) is 1. The molecule has 0 amide bonds. The molecule has 4 heterocycles. The van der Waals surface area contributed by atoms with E-state index in [1.807, 2.05) is 12.1 Å². The largest absolute Gasteiger partial charge is 0.478 e. The maximum absolute atomic E-state index is 11.9. The van der Waals surface area contributed by atoms with Crippen LogP contribution < -0.4 is 16.3 Å². The van der Waals surface area contributed by atoms with E-state index in [0.29, 0.717) is 23.7 Å². The van der Waals surface area contributed by atoms with E-state index in [0.717, 1.165) is 5.56 Å². The lowest BCUT2D eigenvalue weighted by Gasteiger charge is -2.28. The number of aryl methyl sites for hydroxylation is 1. The van der Waals surface area contributed by atoms with Crippen LogP contribution in [0.15, 0.2) is 35.4 Å². The van der Waals surface area contributed by atoms with Crippen LogP contribution in [0.25, 0.3) is 5.65 Å². The van der Waals surface area contributed by atoms with Crippen LogP contribution in [0.1, 0.15) is 22.0 Å². The summed E-state index contributed by atoms with van der Waals surface area (Å²) in [5.41, 5.74) is 2.05. The Balaban J connectivity index is 1.70. The van der Waals surface area contributed by atoms with E-state index in [2.05, 4.69) is 20.7 Å². The van der Waals surface area contributed by atoms with Crippen LogP contribution in [-0.2, 0) is 7.05 Å². The molecule has 1 unspecified atom stereocenters. The van der Waals surface area contributed by atoms with Gasteiger partial charge in [0.15, 0.2) is 5.65 Å². The molecule has 0 aromatic carbocycles. The van der Waals surface area contributed by atoms with Crippen molar-refractivity contribution in [1.82, 2.24) is 19.2 Å². The quantitative estimate of drug-likeness (QED) is 0.635. The number of fused-ring (bicyclic) bond motifs is 2. The van der Waals surface area contributed by atoms with E-state index >= 15 is 0 Å². The number of carboxylic acids is 1. The first-order valence-corrected chi connectivity index (χ1v) is 7.32. The van der Waals surface area contributed by atoms with Crippen molar-refractivity contribution >= 4 is 23.1 Å². The Hall–Kier alpha value is -3.36. The van der Waals surface area contributed by atoms with Crippen LogP contribution in [0.3, 0.4) is 0 Å². The Morgan fingerprint density at radius 3 is 3.04 bits per heavy atom. The van der Waals surface area contributed by atoms with Gasteiger partial charge in [-0.2, -0.15) is 5.10 Å². The molecule has 1 atom stereocenters. The number of rotatable bonds is 2. The van der Waals surface area contributed by atoms with Crippen molar-refractivity contribution in [2.45, 2.75) is 6.04 Å². The molecule has 9 nitrogen and oxygen atoms in total. The SMILES string of the molecule is Cn1nc2cc(C3CNc4ncc(C(=O)O)cc4N3)ccn2c1=O. The summed E-state index contributed by atoms with van der Waals surface area (Å²) in [5, 5.41) is 19.7. The molecule has 3 N–H and O–H groups in total. The van der Waals surface area contributed by atoms with Crippen molar-refractivity contribution in [3.05, 3.63) is 52.2 Å². The third-order valence-electron chi connectivity index (χ3n) is 4.03. The predicted molar refractivity (Wildman–Crippen MR) is 86.5 cm³/mol. The summed E-state index contributed by atoms with van der Waals surface area (Å²) < 4.78 is 2.75. The lowest BCUT2D eigenvalue weighted by Crippen LogP contribution is -2.27. The normalized spacial score (nSPS) is 16.3. The highest BCUT2D eigenvalue weighted by Crippen LogP contribution is 2.30. The molecule has 0 bridgehead atoms. The van der Waals surface area contributed by atoms with Gasteiger partial charge in [0.2, 0.25) is 0 Å². The minimum Gasteiger partial charge on any atom is -0.478 e. The van der Waals surface area contributed by atoms with Crippen LogP contribution in [0.5, 0.6) is 0 Å². The molecule has 24 heavy (non-hydrogen) atoms. The van der Waals surface area contributed by atoms with Crippen molar-refractivity contribution in [2.75, 3.05) is 17.2 Å². The Morgan fingerprint density at radius 2 is 2.25 bits per heavy atom. The Bertz CT molecular complexity index is 1020. The van der Waals surface area contributed by atoms with Crippen molar-refractivity contribution < 1.29 is 9.90 Å². The van der Waals surface area contributed by atoms with Gasteiger partial charge < -0.3 is 15.7 Å².